The molecule has 0 saturated heterocycles. The number of ether oxygens (including phenoxy) is 1. The fraction of sp³-hybridized carbons (Fsp3) is 0.833. The van der Waals surface area contributed by atoms with Gasteiger partial charge in [-0.3, -0.25) is 0 Å². The van der Waals surface area contributed by atoms with Crippen LogP contribution >= 0.6 is 12.4 Å². The molecule has 0 aliphatic rings. The molecule has 0 unspecified atom stereocenters. The van der Waals surface area contributed by atoms with Gasteiger partial charge in [-0.05, 0) is 0 Å². The van der Waals surface area contributed by atoms with Crippen LogP contribution in [0.2, 0.25) is 0 Å². The monoisotopic (exact) mass is 200 g/mol. The van der Waals surface area contributed by atoms with Gasteiger partial charge in [0.1, 0.15) is 13.2 Å². The van der Waals surface area contributed by atoms with Crippen LogP contribution in [0.25, 0.3) is 0 Å². The van der Waals surface area contributed by atoms with Gasteiger partial charge in [-0.1, -0.05) is 0 Å². The molecule has 0 spiro atoms. The number of nitrogens with zero attached hydrogens (tertiary/aromatic N) is 1. The summed E-state index contributed by atoms with van der Waals surface area (Å²) in [5, 5.41) is 0. The van der Waals surface area contributed by atoms with Crippen LogP contribution in [-0.4, -0.2) is 44.9 Å². The Morgan fingerprint density at radius 1 is 1.42 bits per heavy atom. The van der Waals surface area contributed by atoms with Crippen LogP contribution in [0, 0.1) is 0 Å². The number of halogens is 1. The van der Waals surface area contributed by atoms with Crippen molar-refractivity contribution in [1.29, 1.82) is 0 Å². The highest BCUT2D eigenvalue weighted by atomic mass is 35.5. The summed E-state index contributed by atoms with van der Waals surface area (Å²) in [6.07, 6.45) is -0.701. The van der Waals surface area contributed by atoms with Gasteiger partial charge in [-0.2, -0.15) is 0 Å². The van der Waals surface area contributed by atoms with E-state index in [1.165, 1.54) is 0 Å². The zero-order valence-electron chi connectivity index (χ0n) is 7.87. The summed E-state index contributed by atoms with van der Waals surface area (Å²) < 4.78 is 5.31. The Balaban J connectivity index is -0.000000405. The van der Waals surface area contributed by atoms with Gasteiger partial charge < -0.3 is 21.1 Å². The van der Waals surface area contributed by atoms with Gasteiger partial charge in [0.25, 0.3) is 0 Å². The minimum absolute atomic E-state index is 0. The lowest BCUT2D eigenvalue weighted by Gasteiger charge is -2.22. The van der Waals surface area contributed by atoms with Crippen LogP contribution in [-0.2, 0) is 4.74 Å². The Kier molecular flexibility index (Phi) is 10.4. The Morgan fingerprint density at radius 3 is 2.08 bits per heavy atom. The maximum atomic E-state index is 10.1. The third kappa shape index (κ3) is 16.2. The third-order valence-electron chi connectivity index (χ3n) is 1.01. The summed E-state index contributed by atoms with van der Waals surface area (Å²) in [6, 6.07) is 0. The highest BCUT2D eigenvalue weighted by Crippen LogP contribution is 1.88. The van der Waals surface area contributed by atoms with Crippen LogP contribution in [0.4, 0.5) is 4.79 Å². The molecule has 5 N–H and O–H groups in total. The molecule has 12 heavy (non-hydrogen) atoms. The van der Waals surface area contributed by atoms with E-state index in [0.717, 1.165) is 11.0 Å². The minimum Gasteiger partial charge on any atom is -0.444 e. The van der Waals surface area contributed by atoms with Crippen molar-refractivity contribution in [3.05, 3.63) is 0 Å². The lowest BCUT2D eigenvalue weighted by molar-refractivity contribution is -0.870. The predicted molar refractivity (Wildman–Crippen MR) is 50.7 cm³/mol. The van der Waals surface area contributed by atoms with Crippen molar-refractivity contribution in [2.75, 3.05) is 34.3 Å². The summed E-state index contributed by atoms with van der Waals surface area (Å²) >= 11 is 0. The zero-order chi connectivity index (χ0) is 8.20. The second kappa shape index (κ2) is 7.15. The molecule has 0 rings (SSSR count). The smallest absolute Gasteiger partial charge is 0.404 e. The normalized spacial score (nSPS) is 9.25. The molecule has 0 aliphatic heterocycles. The molecule has 0 saturated carbocycles. The number of carbonyl (C=O) groups is 1. The van der Waals surface area contributed by atoms with E-state index >= 15 is 0 Å². The molecular weight excluding hydrogens is 182 g/mol. The summed E-state index contributed by atoms with van der Waals surface area (Å²) in [4.78, 5) is 10.1. The molecule has 0 aliphatic carbocycles. The molecule has 0 heterocycles. The van der Waals surface area contributed by atoms with E-state index in [1.807, 2.05) is 21.1 Å². The number of quaternary nitrogens is 1. The van der Waals surface area contributed by atoms with E-state index in [0.29, 0.717) is 6.61 Å². The Labute approximate surface area is 79.4 Å². The van der Waals surface area contributed by atoms with E-state index in [2.05, 4.69) is 4.74 Å². The van der Waals surface area contributed by atoms with Crippen LogP contribution in [0.5, 0.6) is 0 Å². The summed E-state index contributed by atoms with van der Waals surface area (Å²) in [6.45, 7) is 1.17. The molecule has 0 atom stereocenters. The number of nitrogens with two attached hydrogens (primary N) is 1. The van der Waals surface area contributed by atoms with Crippen LogP contribution in [0.3, 0.4) is 0 Å². The van der Waals surface area contributed by atoms with Crippen molar-refractivity contribution < 1.29 is 14.0 Å². The SMILES string of the molecule is C[N+](C)(C)CCOC(N)=O.Cl.N. The maximum Gasteiger partial charge on any atom is 0.404 e. The molecule has 1 amide bonds. The molecule has 0 radical (unpaired) electrons. The molecule has 0 aromatic rings. The quantitative estimate of drug-likeness (QED) is 0.646. The fourth-order valence-electron chi connectivity index (χ4n) is 0.420. The maximum absolute atomic E-state index is 10.1. The van der Waals surface area contributed by atoms with E-state index in [9.17, 15) is 4.79 Å². The number of hydrogen-bond donors (Lipinski definition) is 2. The molecule has 0 bridgehead atoms. The Morgan fingerprint density at radius 2 is 1.83 bits per heavy atom. The number of primary amides is 1. The number of amides is 1. The summed E-state index contributed by atoms with van der Waals surface area (Å²) in [5.41, 5.74) is 4.75. The number of rotatable bonds is 3. The first-order chi connectivity index (χ1) is 4.42. The zero-order valence-corrected chi connectivity index (χ0v) is 8.69. The lowest BCUT2D eigenvalue weighted by atomic mass is 10.5. The van der Waals surface area contributed by atoms with Crippen molar-refractivity contribution in [2.24, 2.45) is 5.73 Å². The van der Waals surface area contributed by atoms with E-state index < -0.39 is 6.09 Å². The second-order valence-electron chi connectivity index (χ2n) is 3.18. The number of carbonyl (C=O) groups excluding carboxylic acids is 1. The van der Waals surface area contributed by atoms with Gasteiger partial charge in [0.2, 0.25) is 0 Å². The minimum atomic E-state index is -0.701. The predicted octanol–water partition coefficient (Wildman–Crippen LogP) is 0.372. The van der Waals surface area contributed by atoms with Crippen LogP contribution in [0.15, 0.2) is 0 Å². The third-order valence-corrected chi connectivity index (χ3v) is 1.01. The molecule has 5 nitrogen and oxygen atoms in total. The fourth-order valence-corrected chi connectivity index (χ4v) is 0.420. The Hall–Kier alpha value is -0.520. The van der Waals surface area contributed by atoms with Gasteiger partial charge in [-0.25, -0.2) is 4.79 Å². The lowest BCUT2D eigenvalue weighted by Crippen LogP contribution is -2.38. The van der Waals surface area contributed by atoms with Crippen molar-refractivity contribution in [2.45, 2.75) is 0 Å². The second-order valence-corrected chi connectivity index (χ2v) is 3.18. The summed E-state index contributed by atoms with van der Waals surface area (Å²) in [5.74, 6) is 0. The molecule has 0 aromatic heterocycles. The molecule has 76 valence electrons. The van der Waals surface area contributed by atoms with Crippen molar-refractivity contribution in [3.63, 3.8) is 0 Å². The average molecular weight is 201 g/mol. The van der Waals surface area contributed by atoms with E-state index in [4.69, 9.17) is 5.73 Å². The van der Waals surface area contributed by atoms with E-state index in [-0.39, 0.29) is 18.6 Å². The topological polar surface area (TPSA) is 87.3 Å². The van der Waals surface area contributed by atoms with Gasteiger partial charge in [-0.15, -0.1) is 12.4 Å². The van der Waals surface area contributed by atoms with Gasteiger partial charge >= 0.3 is 6.09 Å². The largest absolute Gasteiger partial charge is 0.444 e. The van der Waals surface area contributed by atoms with E-state index in [1.54, 1.807) is 0 Å². The van der Waals surface area contributed by atoms with Gasteiger partial charge in [0, 0.05) is 0 Å². The van der Waals surface area contributed by atoms with Crippen molar-refractivity contribution >= 4 is 18.5 Å². The Bertz CT molecular complexity index is 124. The molecular formula is C6H19ClN3O2+. The van der Waals surface area contributed by atoms with Gasteiger partial charge in [0.15, 0.2) is 0 Å². The highest BCUT2D eigenvalue weighted by molar-refractivity contribution is 5.85. The van der Waals surface area contributed by atoms with Gasteiger partial charge in [0.05, 0.1) is 21.1 Å². The highest BCUT2D eigenvalue weighted by Gasteiger charge is 2.06. The number of hydrogen-bond acceptors (Lipinski definition) is 3. The molecule has 6 heteroatoms. The first kappa shape index (κ1) is 17.5. The first-order valence-corrected chi connectivity index (χ1v) is 3.14. The average Bonchev–Trinajstić information content (AvgIpc) is 1.59. The standard InChI is InChI=1S/C6H14N2O2.ClH.H3N/c1-8(2,3)4-5-10-6(7)9;;/h4-5H2,1-3H3,(H-,7,9);1H;1H3/p+1. The molecule has 0 fully saturated rings. The first-order valence-electron chi connectivity index (χ1n) is 3.14. The number of likely N-dealkylation sites (N-methyl/N-ethyl adjacent to an activating group) is 1. The van der Waals surface area contributed by atoms with Crippen LogP contribution < -0.4 is 11.9 Å². The van der Waals surface area contributed by atoms with Crippen molar-refractivity contribution in [3.8, 4) is 0 Å². The molecule has 0 aromatic carbocycles. The summed E-state index contributed by atoms with van der Waals surface area (Å²) in [7, 11) is 6.05. The van der Waals surface area contributed by atoms with Crippen LogP contribution in [0.1, 0.15) is 0 Å². The van der Waals surface area contributed by atoms with Crippen molar-refractivity contribution in [1.82, 2.24) is 6.15 Å².